The first-order valence-electron chi connectivity index (χ1n) is 7.45. The molecule has 7 nitrogen and oxygen atoms in total. The molecule has 1 aliphatic heterocycles. The van der Waals surface area contributed by atoms with Crippen LogP contribution in [0.2, 0.25) is 5.02 Å². The molecular weight excluding hydrogens is 364 g/mol. The first-order chi connectivity index (χ1) is 11.8. The molecule has 9 heteroatoms. The minimum atomic E-state index is -0.542. The molecule has 1 aromatic carbocycles. The van der Waals surface area contributed by atoms with Gasteiger partial charge in [0.2, 0.25) is 11.8 Å². The summed E-state index contributed by atoms with van der Waals surface area (Å²) in [6.07, 6.45) is 0.286. The van der Waals surface area contributed by atoms with E-state index in [0.717, 1.165) is 5.56 Å². The Bertz CT molecular complexity index is 994. The van der Waals surface area contributed by atoms with Crippen LogP contribution in [-0.2, 0) is 11.8 Å². The van der Waals surface area contributed by atoms with Crippen LogP contribution < -0.4 is 5.56 Å². The summed E-state index contributed by atoms with van der Waals surface area (Å²) >= 11 is 10.9. The molecule has 0 radical (unpaired) electrons. The van der Waals surface area contributed by atoms with Gasteiger partial charge in [-0.15, -0.1) is 0 Å². The molecule has 2 heterocycles. The molecule has 0 aliphatic carbocycles. The minimum absolute atomic E-state index is 0.0128. The summed E-state index contributed by atoms with van der Waals surface area (Å²) in [6, 6.07) is 6.68. The topological polar surface area (TPSA) is 90.7 Å². The van der Waals surface area contributed by atoms with Crippen molar-refractivity contribution in [2.45, 2.75) is 19.4 Å². The Morgan fingerprint density at radius 1 is 1.40 bits per heavy atom. The average molecular weight is 379 g/mol. The number of carbonyl (C=O) groups is 1. The number of hydrogen-bond donors (Lipinski definition) is 2. The van der Waals surface area contributed by atoms with Crippen LogP contribution in [0.4, 0.5) is 0 Å². The van der Waals surface area contributed by atoms with E-state index in [0.29, 0.717) is 10.7 Å². The number of rotatable bonds is 2. The number of H-pyrrole nitrogens is 1. The van der Waals surface area contributed by atoms with Crippen LogP contribution in [0.1, 0.15) is 30.5 Å². The summed E-state index contributed by atoms with van der Waals surface area (Å²) in [5.74, 6) is -0.553. The molecule has 0 spiro atoms. The predicted molar refractivity (Wildman–Crippen MR) is 96.4 cm³/mol. The first kappa shape index (κ1) is 17.4. The third-order valence-corrected chi connectivity index (χ3v) is 4.70. The van der Waals surface area contributed by atoms with Gasteiger partial charge in [0.05, 0.1) is 11.8 Å². The third-order valence-electron chi connectivity index (χ3n) is 4.07. The van der Waals surface area contributed by atoms with Gasteiger partial charge in [0.1, 0.15) is 5.56 Å². The maximum atomic E-state index is 12.3. The van der Waals surface area contributed by atoms with Crippen LogP contribution in [0.15, 0.2) is 34.2 Å². The van der Waals surface area contributed by atoms with E-state index in [1.165, 1.54) is 23.5 Å². The number of aromatic hydroxyl groups is 1. The number of carbonyl (C=O) groups excluding carboxylic acids is 1. The van der Waals surface area contributed by atoms with E-state index >= 15 is 0 Å². The lowest BCUT2D eigenvalue weighted by molar-refractivity contribution is -0.130. The Hall–Kier alpha value is -2.45. The molecule has 1 atom stereocenters. The quantitative estimate of drug-likeness (QED) is 0.785. The van der Waals surface area contributed by atoms with Crippen molar-refractivity contribution in [2.24, 2.45) is 12.1 Å². The average Bonchev–Trinajstić information content (AvgIpc) is 2.98. The lowest BCUT2D eigenvalue weighted by Crippen LogP contribution is -2.24. The zero-order valence-electron chi connectivity index (χ0n) is 13.5. The highest BCUT2D eigenvalue weighted by atomic mass is 35.5. The van der Waals surface area contributed by atoms with Crippen molar-refractivity contribution in [2.75, 3.05) is 0 Å². The van der Waals surface area contributed by atoms with Crippen molar-refractivity contribution in [3.05, 3.63) is 55.5 Å². The zero-order chi connectivity index (χ0) is 18.3. The Morgan fingerprint density at radius 3 is 2.64 bits per heavy atom. The van der Waals surface area contributed by atoms with E-state index in [1.807, 2.05) is 0 Å². The predicted octanol–water partition coefficient (Wildman–Crippen LogP) is 2.50. The normalized spacial score (nSPS) is 16.8. The molecule has 0 fully saturated rings. The van der Waals surface area contributed by atoms with E-state index in [-0.39, 0.29) is 34.6 Å². The Balaban J connectivity index is 2.08. The second kappa shape index (κ2) is 6.45. The van der Waals surface area contributed by atoms with E-state index in [2.05, 4.69) is 10.1 Å². The summed E-state index contributed by atoms with van der Waals surface area (Å²) in [6.45, 7) is 1.39. The molecular formula is C16H15ClN4O3S. The van der Waals surface area contributed by atoms with E-state index < -0.39 is 5.56 Å². The summed E-state index contributed by atoms with van der Waals surface area (Å²) in [5, 5.41) is 16.5. The lowest BCUT2D eigenvalue weighted by Gasteiger charge is -2.20. The number of nitrogens with zero attached hydrogens (tertiary/aromatic N) is 3. The number of aromatic amines is 1. The van der Waals surface area contributed by atoms with Crippen molar-refractivity contribution in [3.63, 3.8) is 0 Å². The Kier molecular flexibility index (Phi) is 4.49. The van der Waals surface area contributed by atoms with Gasteiger partial charge in [0, 0.05) is 25.4 Å². The molecule has 1 aliphatic rings. The summed E-state index contributed by atoms with van der Waals surface area (Å²) in [5.41, 5.74) is 0.622. The lowest BCUT2D eigenvalue weighted by atomic mass is 9.99. The highest BCUT2D eigenvalue weighted by Crippen LogP contribution is 2.34. The standard InChI is InChI=1S/C16H15ClN4O3S/c1-8(22)21-12(9-3-5-10(17)6-4-9)7-11(19-21)13-14(23)18-16(25)20(2)15(13)24/h3-6,12,24H,7H2,1-2H3,(H,18,23,25). The molecule has 1 unspecified atom stereocenters. The van der Waals surface area contributed by atoms with Crippen LogP contribution in [0.3, 0.4) is 0 Å². The maximum Gasteiger partial charge on any atom is 0.264 e. The van der Waals surface area contributed by atoms with Gasteiger partial charge in [-0.2, -0.15) is 5.10 Å². The largest absolute Gasteiger partial charge is 0.494 e. The first-order valence-corrected chi connectivity index (χ1v) is 8.23. The fourth-order valence-corrected chi connectivity index (χ4v) is 3.07. The molecule has 0 saturated carbocycles. The molecule has 25 heavy (non-hydrogen) atoms. The highest BCUT2D eigenvalue weighted by molar-refractivity contribution is 7.71. The molecule has 2 aromatic rings. The fourth-order valence-electron chi connectivity index (χ4n) is 2.77. The van der Waals surface area contributed by atoms with Crippen LogP contribution in [0.25, 0.3) is 0 Å². The minimum Gasteiger partial charge on any atom is -0.494 e. The molecule has 3 rings (SSSR count). The number of aromatic nitrogens is 2. The van der Waals surface area contributed by atoms with Gasteiger partial charge in [-0.05, 0) is 29.9 Å². The molecule has 1 amide bonds. The van der Waals surface area contributed by atoms with E-state index in [4.69, 9.17) is 23.8 Å². The van der Waals surface area contributed by atoms with Crippen LogP contribution in [0.5, 0.6) is 5.88 Å². The fraction of sp³-hybridized carbons (Fsp3) is 0.250. The second-order valence-electron chi connectivity index (χ2n) is 5.70. The van der Waals surface area contributed by atoms with Crippen LogP contribution in [0, 0.1) is 4.77 Å². The van der Waals surface area contributed by atoms with Crippen molar-refractivity contribution in [1.29, 1.82) is 0 Å². The molecule has 0 bridgehead atoms. The molecule has 0 saturated heterocycles. The summed E-state index contributed by atoms with van der Waals surface area (Å²) in [4.78, 5) is 26.7. The second-order valence-corrected chi connectivity index (χ2v) is 6.52. The summed E-state index contributed by atoms with van der Waals surface area (Å²) in [7, 11) is 1.53. The van der Waals surface area contributed by atoms with Gasteiger partial charge < -0.3 is 5.11 Å². The SMILES string of the molecule is CC(=O)N1N=C(c2c(O)n(C)c(=S)[nH]c2=O)CC1c1ccc(Cl)cc1. The van der Waals surface area contributed by atoms with Crippen molar-refractivity contribution in [3.8, 4) is 5.88 Å². The Morgan fingerprint density at radius 2 is 2.04 bits per heavy atom. The van der Waals surface area contributed by atoms with Gasteiger partial charge in [0.15, 0.2) is 4.77 Å². The van der Waals surface area contributed by atoms with Gasteiger partial charge in [-0.1, -0.05) is 23.7 Å². The highest BCUT2D eigenvalue weighted by Gasteiger charge is 2.34. The maximum absolute atomic E-state index is 12.3. The van der Waals surface area contributed by atoms with E-state index in [9.17, 15) is 14.7 Å². The van der Waals surface area contributed by atoms with Gasteiger partial charge in [-0.3, -0.25) is 19.1 Å². The van der Waals surface area contributed by atoms with Gasteiger partial charge >= 0.3 is 0 Å². The zero-order valence-corrected chi connectivity index (χ0v) is 15.1. The summed E-state index contributed by atoms with van der Waals surface area (Å²) < 4.78 is 1.38. The smallest absolute Gasteiger partial charge is 0.264 e. The van der Waals surface area contributed by atoms with Crippen LogP contribution in [-0.4, -0.2) is 31.3 Å². The number of hydrazone groups is 1. The molecule has 1 aromatic heterocycles. The molecule has 2 N–H and O–H groups in total. The number of amides is 1. The number of hydrogen-bond acceptors (Lipinski definition) is 5. The van der Waals surface area contributed by atoms with E-state index in [1.54, 1.807) is 24.3 Å². The number of halogens is 1. The van der Waals surface area contributed by atoms with Gasteiger partial charge in [0.25, 0.3) is 5.56 Å². The number of benzene rings is 1. The number of nitrogens with one attached hydrogen (secondary N) is 1. The van der Waals surface area contributed by atoms with Crippen LogP contribution >= 0.6 is 23.8 Å². The third kappa shape index (κ3) is 3.10. The van der Waals surface area contributed by atoms with Crippen molar-refractivity contribution >= 4 is 35.4 Å². The van der Waals surface area contributed by atoms with Gasteiger partial charge in [-0.25, -0.2) is 5.01 Å². The molecule has 130 valence electrons. The van der Waals surface area contributed by atoms with Crippen molar-refractivity contribution < 1.29 is 9.90 Å². The monoisotopic (exact) mass is 378 g/mol. The van der Waals surface area contributed by atoms with Crippen molar-refractivity contribution in [1.82, 2.24) is 14.6 Å². The Labute approximate surface area is 153 Å².